The van der Waals surface area contributed by atoms with Crippen LogP contribution in [0.5, 0.6) is 28.7 Å². The highest BCUT2D eigenvalue weighted by atomic mass is 16.7. The van der Waals surface area contributed by atoms with Crippen molar-refractivity contribution < 1.29 is 58.8 Å². The van der Waals surface area contributed by atoms with Crippen molar-refractivity contribution in [2.45, 2.75) is 30.7 Å². The molecule has 5 atom stereocenters. The highest BCUT2D eigenvalue weighted by Gasteiger charge is 2.48. The molecule has 2 aromatic carbocycles. The first kappa shape index (κ1) is 25.1. The number of hydrogen-bond donors (Lipinski definition) is 6. The minimum atomic E-state index is -1.92. The third-order valence-electron chi connectivity index (χ3n) is 5.62. The summed E-state index contributed by atoms with van der Waals surface area (Å²) in [6.07, 6.45) is -9.33. The van der Waals surface area contributed by atoms with E-state index in [-0.39, 0.29) is 39.7 Å². The number of methoxy groups -OCH3 is 2. The molecule has 13 nitrogen and oxygen atoms in total. The molecular formula is C23H22O13. The van der Waals surface area contributed by atoms with E-state index >= 15 is 0 Å². The summed E-state index contributed by atoms with van der Waals surface area (Å²) in [7, 11) is 2.56. The Morgan fingerprint density at radius 2 is 1.67 bits per heavy atom. The monoisotopic (exact) mass is 506 g/mol. The van der Waals surface area contributed by atoms with Gasteiger partial charge in [-0.25, -0.2) is 4.79 Å². The topological polar surface area (TPSA) is 206 Å². The van der Waals surface area contributed by atoms with Crippen molar-refractivity contribution in [2.24, 2.45) is 0 Å². The lowest BCUT2D eigenvalue weighted by Gasteiger charge is -2.38. The molecule has 1 saturated heterocycles. The maximum Gasteiger partial charge on any atom is 0.335 e. The molecule has 36 heavy (non-hydrogen) atoms. The lowest BCUT2D eigenvalue weighted by Crippen LogP contribution is -2.61. The van der Waals surface area contributed by atoms with E-state index in [1.54, 1.807) is 0 Å². The number of aliphatic hydroxyl groups excluding tert-OH is 3. The second-order valence-corrected chi connectivity index (χ2v) is 7.85. The largest absolute Gasteiger partial charge is 0.507 e. The van der Waals surface area contributed by atoms with Gasteiger partial charge in [0.1, 0.15) is 40.8 Å². The number of hydrogen-bond acceptors (Lipinski definition) is 12. The lowest BCUT2D eigenvalue weighted by atomic mass is 9.99. The fraction of sp³-hybridized carbons (Fsp3) is 0.304. The Labute approximate surface area is 201 Å². The van der Waals surface area contributed by atoms with Crippen molar-refractivity contribution in [2.75, 3.05) is 14.2 Å². The molecule has 0 radical (unpaired) electrons. The van der Waals surface area contributed by atoms with Gasteiger partial charge in [-0.05, 0) is 18.2 Å². The van der Waals surface area contributed by atoms with Gasteiger partial charge in [-0.1, -0.05) is 0 Å². The minimum absolute atomic E-state index is 0.0664. The zero-order valence-electron chi connectivity index (χ0n) is 18.8. The Morgan fingerprint density at radius 1 is 0.944 bits per heavy atom. The summed E-state index contributed by atoms with van der Waals surface area (Å²) in [4.78, 5) is 24.4. The number of phenols is 2. The van der Waals surface area contributed by atoms with E-state index in [1.165, 1.54) is 38.5 Å². The number of carboxylic acids is 1. The quantitative estimate of drug-likeness (QED) is 0.264. The van der Waals surface area contributed by atoms with Crippen LogP contribution in [0.1, 0.15) is 0 Å². The van der Waals surface area contributed by atoms with Gasteiger partial charge >= 0.3 is 5.97 Å². The van der Waals surface area contributed by atoms with Gasteiger partial charge in [0.2, 0.25) is 17.5 Å². The van der Waals surface area contributed by atoms with Gasteiger partial charge in [-0.15, -0.1) is 0 Å². The first-order chi connectivity index (χ1) is 17.1. The molecule has 0 amide bonds. The first-order valence-electron chi connectivity index (χ1n) is 10.4. The number of aliphatic hydroxyl groups is 3. The molecule has 4 rings (SSSR count). The van der Waals surface area contributed by atoms with E-state index in [4.69, 9.17) is 23.4 Å². The molecule has 6 N–H and O–H groups in total. The van der Waals surface area contributed by atoms with Gasteiger partial charge in [-0.3, -0.25) is 4.79 Å². The summed E-state index contributed by atoms with van der Waals surface area (Å²) in [5.41, 5.74) is -0.624. The molecule has 13 heteroatoms. The number of carboxylic acid groups (broad SMARTS) is 1. The highest BCUT2D eigenvalue weighted by Crippen LogP contribution is 2.39. The Hall–Kier alpha value is -4.04. The van der Waals surface area contributed by atoms with Crippen LogP contribution in [0.2, 0.25) is 0 Å². The van der Waals surface area contributed by atoms with E-state index in [0.717, 1.165) is 6.07 Å². The van der Waals surface area contributed by atoms with Crippen LogP contribution in [-0.4, -0.2) is 81.5 Å². The van der Waals surface area contributed by atoms with E-state index < -0.39 is 47.9 Å². The van der Waals surface area contributed by atoms with Crippen LogP contribution in [0.4, 0.5) is 0 Å². The fourth-order valence-corrected chi connectivity index (χ4v) is 3.80. The molecule has 0 aliphatic carbocycles. The fourth-order valence-electron chi connectivity index (χ4n) is 3.80. The Morgan fingerprint density at radius 3 is 2.31 bits per heavy atom. The lowest BCUT2D eigenvalue weighted by molar-refractivity contribution is -0.271. The van der Waals surface area contributed by atoms with Crippen LogP contribution >= 0.6 is 0 Å². The predicted molar refractivity (Wildman–Crippen MR) is 119 cm³/mol. The molecule has 0 spiro atoms. The van der Waals surface area contributed by atoms with Gasteiger partial charge in [0.05, 0.1) is 14.2 Å². The summed E-state index contributed by atoms with van der Waals surface area (Å²) in [6, 6.07) is 6.31. The molecule has 1 aromatic heterocycles. The molecule has 1 aliphatic heterocycles. The Bertz CT molecular complexity index is 1360. The van der Waals surface area contributed by atoms with Crippen molar-refractivity contribution in [1.29, 1.82) is 0 Å². The Balaban J connectivity index is 1.80. The third-order valence-corrected chi connectivity index (χ3v) is 5.62. The summed E-state index contributed by atoms with van der Waals surface area (Å²) < 4.78 is 26.6. The molecule has 1 fully saturated rings. The SMILES string of the molecule is COc1cc(-c2oc3cc(O[C@H]4O[C@@H](C(=O)O)[C@@H](O)[C@@H](O)[C@@H]4O)cc(O)c3c(=O)c2OC)ccc1O. The summed E-state index contributed by atoms with van der Waals surface area (Å²) >= 11 is 0. The van der Waals surface area contributed by atoms with Crippen molar-refractivity contribution in [3.05, 3.63) is 40.6 Å². The molecular weight excluding hydrogens is 484 g/mol. The van der Waals surface area contributed by atoms with Gasteiger partial charge in [0.25, 0.3) is 0 Å². The predicted octanol–water partition coefficient (Wildman–Crippen LogP) is 0.159. The average molecular weight is 506 g/mol. The average Bonchev–Trinajstić information content (AvgIpc) is 2.84. The minimum Gasteiger partial charge on any atom is -0.507 e. The zero-order valence-corrected chi connectivity index (χ0v) is 18.8. The molecule has 1 aliphatic rings. The zero-order chi connectivity index (χ0) is 26.3. The molecule has 192 valence electrons. The van der Waals surface area contributed by atoms with Gasteiger partial charge in [-0.2, -0.15) is 0 Å². The number of carbonyl (C=O) groups is 1. The normalized spacial score (nSPS) is 23.9. The van der Waals surface area contributed by atoms with E-state index in [2.05, 4.69) is 0 Å². The molecule has 0 unspecified atom stereocenters. The number of aliphatic carboxylic acids is 1. The molecule has 3 aromatic rings. The van der Waals surface area contributed by atoms with Crippen molar-refractivity contribution >= 4 is 16.9 Å². The van der Waals surface area contributed by atoms with Crippen molar-refractivity contribution in [1.82, 2.24) is 0 Å². The molecule has 0 bridgehead atoms. The summed E-state index contributed by atoms with van der Waals surface area (Å²) in [5.74, 6) is -2.79. The smallest absolute Gasteiger partial charge is 0.335 e. The van der Waals surface area contributed by atoms with Crippen molar-refractivity contribution in [3.8, 4) is 40.1 Å². The number of phenolic OH excluding ortho intramolecular Hbond substituents is 2. The summed E-state index contributed by atoms with van der Waals surface area (Å²) in [6.45, 7) is 0. The second-order valence-electron chi connectivity index (χ2n) is 7.85. The summed E-state index contributed by atoms with van der Waals surface area (Å²) in [5, 5.41) is 59.3. The van der Waals surface area contributed by atoms with Crippen LogP contribution in [0.25, 0.3) is 22.3 Å². The van der Waals surface area contributed by atoms with E-state index in [0.29, 0.717) is 5.56 Å². The maximum atomic E-state index is 13.1. The second kappa shape index (κ2) is 9.54. The van der Waals surface area contributed by atoms with E-state index in [1.807, 2.05) is 0 Å². The van der Waals surface area contributed by atoms with Gasteiger partial charge in [0.15, 0.2) is 23.4 Å². The van der Waals surface area contributed by atoms with Crippen molar-refractivity contribution in [3.63, 3.8) is 0 Å². The standard InChI is InChI=1S/C23H22O13/c1-32-12-5-8(3-4-10(12)24)19-20(33-2)15(26)14-11(25)6-9(7-13(14)35-19)34-23-18(29)16(27)17(28)21(36-23)22(30)31/h3-7,16-18,21,23-25,27-29H,1-2H3,(H,30,31)/t16-,17+,18+,21-,23+/m1/s1. The number of benzene rings is 2. The molecule has 0 saturated carbocycles. The van der Waals surface area contributed by atoms with E-state index in [9.17, 15) is 40.2 Å². The molecule has 2 heterocycles. The van der Waals surface area contributed by atoms with Crippen LogP contribution in [0, 0.1) is 0 Å². The maximum absolute atomic E-state index is 13.1. The first-order valence-corrected chi connectivity index (χ1v) is 10.4. The van der Waals surface area contributed by atoms with Gasteiger partial charge < -0.3 is 54.0 Å². The Kier molecular flexibility index (Phi) is 6.65. The number of ether oxygens (including phenoxy) is 4. The van der Waals surface area contributed by atoms with Crippen LogP contribution in [0.3, 0.4) is 0 Å². The third kappa shape index (κ3) is 4.24. The number of aromatic hydroxyl groups is 2. The van der Waals surface area contributed by atoms with Gasteiger partial charge in [0, 0.05) is 17.7 Å². The highest BCUT2D eigenvalue weighted by molar-refractivity contribution is 5.88. The van der Waals surface area contributed by atoms with Crippen LogP contribution in [0.15, 0.2) is 39.5 Å². The number of rotatable bonds is 6. The van der Waals surface area contributed by atoms with Crippen LogP contribution in [-0.2, 0) is 9.53 Å². The van der Waals surface area contributed by atoms with Crippen LogP contribution < -0.4 is 19.6 Å². The number of fused-ring (bicyclic) bond motifs is 1.